The minimum Gasteiger partial charge on any atom is -0.396 e. The number of aliphatic hydroxyl groups is 1. The van der Waals surface area contributed by atoms with Crippen molar-refractivity contribution in [3.8, 4) is 0 Å². The van der Waals surface area contributed by atoms with Gasteiger partial charge in [0.2, 0.25) is 5.91 Å². The molecule has 2 rings (SSSR count). The van der Waals surface area contributed by atoms with E-state index in [1.54, 1.807) is 6.92 Å². The number of nitrogens with one attached hydrogen (secondary N) is 2. The molecule has 1 atom stereocenters. The van der Waals surface area contributed by atoms with Gasteiger partial charge in [-0.25, -0.2) is 4.98 Å². The lowest BCUT2D eigenvalue weighted by Crippen LogP contribution is -2.28. The summed E-state index contributed by atoms with van der Waals surface area (Å²) in [6.07, 6.45) is 0.272. The molecule has 0 radical (unpaired) electrons. The average molecular weight is 347 g/mol. The van der Waals surface area contributed by atoms with E-state index in [4.69, 9.17) is 5.11 Å². The number of hydrogen-bond acceptors (Lipinski definition) is 5. The number of rotatable bonds is 7. The van der Waals surface area contributed by atoms with Gasteiger partial charge < -0.3 is 15.4 Å². The predicted molar refractivity (Wildman–Crippen MR) is 94.1 cm³/mol. The summed E-state index contributed by atoms with van der Waals surface area (Å²) in [4.78, 5) is 30.9. The van der Waals surface area contributed by atoms with Crippen molar-refractivity contribution in [1.82, 2.24) is 15.3 Å². The Morgan fingerprint density at radius 2 is 2.08 bits per heavy atom. The Hall–Kier alpha value is -2.12. The van der Waals surface area contributed by atoms with Crippen molar-refractivity contribution in [3.05, 3.63) is 57.5 Å². The van der Waals surface area contributed by atoms with Crippen LogP contribution in [0, 0.1) is 6.92 Å². The van der Waals surface area contributed by atoms with Crippen LogP contribution >= 0.6 is 11.8 Å². The summed E-state index contributed by atoms with van der Waals surface area (Å²) in [6.45, 7) is 3.55. The Kier molecular flexibility index (Phi) is 6.57. The number of benzene rings is 1. The molecule has 0 aliphatic carbocycles. The van der Waals surface area contributed by atoms with Crippen LogP contribution in [-0.2, 0) is 11.2 Å². The summed E-state index contributed by atoms with van der Waals surface area (Å²) in [5.74, 6) is 0.0370. The fourth-order valence-corrected chi connectivity index (χ4v) is 3.02. The van der Waals surface area contributed by atoms with Gasteiger partial charge in [-0.1, -0.05) is 42.1 Å². The Morgan fingerprint density at radius 3 is 2.71 bits per heavy atom. The van der Waals surface area contributed by atoms with Crippen molar-refractivity contribution in [2.45, 2.75) is 31.5 Å². The van der Waals surface area contributed by atoms with Gasteiger partial charge in [-0.05, 0) is 19.4 Å². The predicted octanol–water partition coefficient (Wildman–Crippen LogP) is 1.58. The number of carbonyl (C=O) groups is 1. The SMILES string of the molecule is Cc1nc(SCC(=O)N[C@H](C)c2ccccc2)[nH]c(=O)c1CCO. The minimum absolute atomic E-state index is 0.0834. The maximum atomic E-state index is 12.1. The molecule has 0 saturated carbocycles. The second-order valence-electron chi connectivity index (χ2n) is 5.40. The number of amides is 1. The molecular weight excluding hydrogens is 326 g/mol. The van der Waals surface area contributed by atoms with Crippen molar-refractivity contribution in [3.63, 3.8) is 0 Å². The number of thioether (sulfide) groups is 1. The van der Waals surface area contributed by atoms with Crippen molar-refractivity contribution >= 4 is 17.7 Å². The van der Waals surface area contributed by atoms with Gasteiger partial charge in [0, 0.05) is 24.3 Å². The fourth-order valence-electron chi connectivity index (χ4n) is 2.30. The number of hydrogen-bond donors (Lipinski definition) is 3. The summed E-state index contributed by atoms with van der Waals surface area (Å²) in [7, 11) is 0. The van der Waals surface area contributed by atoms with Gasteiger partial charge in [-0.2, -0.15) is 0 Å². The number of carbonyl (C=O) groups excluding carboxylic acids is 1. The molecular formula is C17H21N3O3S. The van der Waals surface area contributed by atoms with E-state index in [9.17, 15) is 9.59 Å². The van der Waals surface area contributed by atoms with Crippen LogP contribution in [0.15, 0.2) is 40.3 Å². The lowest BCUT2D eigenvalue weighted by molar-refractivity contribution is -0.119. The molecule has 128 valence electrons. The van der Waals surface area contributed by atoms with Crippen LogP contribution in [0.1, 0.15) is 29.8 Å². The highest BCUT2D eigenvalue weighted by molar-refractivity contribution is 7.99. The van der Waals surface area contributed by atoms with Crippen LogP contribution < -0.4 is 10.9 Å². The van der Waals surface area contributed by atoms with Crippen molar-refractivity contribution < 1.29 is 9.90 Å². The van der Waals surface area contributed by atoms with E-state index in [1.165, 1.54) is 11.8 Å². The topological polar surface area (TPSA) is 95.1 Å². The van der Waals surface area contributed by atoms with Crippen molar-refractivity contribution in [2.24, 2.45) is 0 Å². The zero-order chi connectivity index (χ0) is 17.5. The first kappa shape index (κ1) is 18.2. The number of aromatic amines is 1. The maximum Gasteiger partial charge on any atom is 0.255 e. The van der Waals surface area contributed by atoms with Crippen LogP contribution in [0.3, 0.4) is 0 Å². The van der Waals surface area contributed by atoms with E-state index in [1.807, 2.05) is 37.3 Å². The zero-order valence-electron chi connectivity index (χ0n) is 13.7. The maximum absolute atomic E-state index is 12.1. The number of aliphatic hydroxyl groups excluding tert-OH is 1. The van der Waals surface area contributed by atoms with E-state index >= 15 is 0 Å². The molecule has 0 saturated heterocycles. The number of aromatic nitrogens is 2. The fraction of sp³-hybridized carbons (Fsp3) is 0.353. The molecule has 1 heterocycles. The third kappa shape index (κ3) is 4.94. The molecule has 0 unspecified atom stereocenters. The van der Waals surface area contributed by atoms with E-state index in [0.717, 1.165) is 5.56 Å². The Balaban J connectivity index is 1.93. The van der Waals surface area contributed by atoms with Gasteiger partial charge >= 0.3 is 0 Å². The molecule has 7 heteroatoms. The highest BCUT2D eigenvalue weighted by atomic mass is 32.2. The lowest BCUT2D eigenvalue weighted by atomic mass is 10.1. The smallest absolute Gasteiger partial charge is 0.255 e. The standard InChI is InChI=1S/C17H21N3O3S/c1-11(13-6-4-3-5-7-13)18-15(22)10-24-17-19-12(2)14(8-9-21)16(23)20-17/h3-7,11,21H,8-10H2,1-2H3,(H,18,22)(H,19,20,23)/t11-/m1/s1. The molecule has 24 heavy (non-hydrogen) atoms. The normalized spacial score (nSPS) is 12.0. The summed E-state index contributed by atoms with van der Waals surface area (Å²) in [5, 5.41) is 12.3. The minimum atomic E-state index is -0.267. The number of H-pyrrole nitrogens is 1. The average Bonchev–Trinajstić information content (AvgIpc) is 2.57. The molecule has 0 fully saturated rings. The van der Waals surface area contributed by atoms with Gasteiger partial charge in [-0.15, -0.1) is 0 Å². The molecule has 1 aromatic heterocycles. The molecule has 0 spiro atoms. The van der Waals surface area contributed by atoms with Crippen molar-refractivity contribution in [2.75, 3.05) is 12.4 Å². The monoisotopic (exact) mass is 347 g/mol. The first-order valence-corrected chi connectivity index (χ1v) is 8.67. The number of nitrogens with zero attached hydrogens (tertiary/aromatic N) is 1. The van der Waals surface area contributed by atoms with Gasteiger partial charge in [0.15, 0.2) is 5.16 Å². The Bertz CT molecular complexity index is 746. The van der Waals surface area contributed by atoms with Crippen LogP contribution in [0.4, 0.5) is 0 Å². The summed E-state index contributed by atoms with van der Waals surface area (Å²) in [5.41, 5.74) is 1.82. The molecule has 2 aromatic rings. The largest absolute Gasteiger partial charge is 0.396 e. The molecule has 3 N–H and O–H groups in total. The third-order valence-corrected chi connectivity index (χ3v) is 4.45. The first-order valence-electron chi connectivity index (χ1n) is 7.69. The third-order valence-electron chi connectivity index (χ3n) is 3.58. The van der Waals surface area contributed by atoms with Gasteiger partial charge in [-0.3, -0.25) is 9.59 Å². The summed E-state index contributed by atoms with van der Waals surface area (Å²) in [6, 6.07) is 9.62. The first-order chi connectivity index (χ1) is 11.5. The molecule has 0 bridgehead atoms. The molecule has 1 aromatic carbocycles. The van der Waals surface area contributed by atoms with Crippen LogP contribution in [0.5, 0.6) is 0 Å². The highest BCUT2D eigenvalue weighted by Gasteiger charge is 2.12. The van der Waals surface area contributed by atoms with Crippen LogP contribution in [-0.4, -0.2) is 33.3 Å². The molecule has 6 nitrogen and oxygen atoms in total. The number of aryl methyl sites for hydroxylation is 1. The van der Waals surface area contributed by atoms with E-state index in [0.29, 0.717) is 16.4 Å². The van der Waals surface area contributed by atoms with Gasteiger partial charge in [0.1, 0.15) is 0 Å². The zero-order valence-corrected chi connectivity index (χ0v) is 14.5. The van der Waals surface area contributed by atoms with Crippen molar-refractivity contribution in [1.29, 1.82) is 0 Å². The van der Waals surface area contributed by atoms with E-state index < -0.39 is 0 Å². The van der Waals surface area contributed by atoms with Gasteiger partial charge in [0.25, 0.3) is 5.56 Å². The van der Waals surface area contributed by atoms with Gasteiger partial charge in [0.05, 0.1) is 11.8 Å². The van der Waals surface area contributed by atoms with E-state index in [-0.39, 0.29) is 36.3 Å². The quantitative estimate of drug-likeness (QED) is 0.522. The Morgan fingerprint density at radius 1 is 1.38 bits per heavy atom. The molecule has 1 amide bonds. The Labute approximate surface area is 144 Å². The van der Waals surface area contributed by atoms with Crippen LogP contribution in [0.25, 0.3) is 0 Å². The second-order valence-corrected chi connectivity index (χ2v) is 6.36. The lowest BCUT2D eigenvalue weighted by Gasteiger charge is -2.14. The summed E-state index contributed by atoms with van der Waals surface area (Å²) >= 11 is 1.18. The highest BCUT2D eigenvalue weighted by Crippen LogP contribution is 2.15. The second kappa shape index (κ2) is 8.65. The van der Waals surface area contributed by atoms with Crippen LogP contribution in [0.2, 0.25) is 0 Å². The summed E-state index contributed by atoms with van der Waals surface area (Å²) < 4.78 is 0. The molecule has 0 aliphatic rings. The molecule has 0 aliphatic heterocycles. The van der Waals surface area contributed by atoms with E-state index in [2.05, 4.69) is 15.3 Å².